The van der Waals surface area contributed by atoms with Gasteiger partial charge in [0.1, 0.15) is 20.8 Å². The number of halogens is 8. The van der Waals surface area contributed by atoms with Gasteiger partial charge < -0.3 is 31.3 Å². The first-order valence-electron chi connectivity index (χ1n) is 25.0. The van der Waals surface area contributed by atoms with Crippen molar-refractivity contribution in [2.24, 2.45) is 25.9 Å². The number of rotatable bonds is 16. The predicted octanol–water partition coefficient (Wildman–Crippen LogP) is 0.393. The average Bonchev–Trinajstić information content (AvgIpc) is 1.84. The van der Waals surface area contributed by atoms with Crippen molar-refractivity contribution in [3.8, 4) is 23.4 Å². The SMILES string of the molecule is C[C@@H]1CNC(C)(C)C1.Cc1nn(C)cc1S(=O)(=O)NC(=O)c1ccc(-n2ccc(OCCC(F)(F)F)n2)nc1Cl.Cc1nn(C)cc1S(=O)(=O)NC(=O)c1ccc(-n2ccc(OCCC(F)(F)F)n2)nc1N1C[C@@H](C)CC1(C)C.Cl.O=CO[O-].S.S.[H-].[K+].[K+]. The van der Waals surface area contributed by atoms with Crippen molar-refractivity contribution in [3.05, 3.63) is 88.9 Å². The van der Waals surface area contributed by atoms with Gasteiger partial charge >= 0.3 is 115 Å². The molecule has 88 heavy (non-hydrogen) atoms. The summed E-state index contributed by atoms with van der Waals surface area (Å²) >= 11 is 6.04. The molecule has 0 bridgehead atoms. The maximum absolute atomic E-state index is 13.4. The topological polar surface area (TPSA) is 307 Å². The Balaban J connectivity index is 0. The van der Waals surface area contributed by atoms with Crippen molar-refractivity contribution >= 4 is 95.2 Å². The van der Waals surface area contributed by atoms with Crippen molar-refractivity contribution in [2.45, 2.75) is 114 Å². The van der Waals surface area contributed by atoms with Crippen molar-refractivity contribution in [2.75, 3.05) is 31.2 Å². The molecule has 2 saturated heterocycles. The monoisotopic (exact) mass is 1420 g/mol. The molecule has 2 fully saturated rings. The van der Waals surface area contributed by atoms with Crippen molar-refractivity contribution in [1.29, 1.82) is 0 Å². The number of nitrogens with zero attached hydrogens (tertiary/aromatic N) is 11. The van der Waals surface area contributed by atoms with E-state index in [-0.39, 0.29) is 223 Å². The Kier molecular flexibility index (Phi) is 34.5. The third-order valence-corrected chi connectivity index (χ3v) is 15.3. The van der Waals surface area contributed by atoms with Crippen LogP contribution in [0.15, 0.2) is 71.0 Å². The van der Waals surface area contributed by atoms with Gasteiger partial charge in [0.05, 0.1) is 48.6 Å². The maximum atomic E-state index is 13.4. The summed E-state index contributed by atoms with van der Waals surface area (Å²) in [7, 11) is -5.30. The van der Waals surface area contributed by atoms with Gasteiger partial charge in [-0.15, -0.1) is 22.6 Å². The molecule has 482 valence electrons. The molecular formula is C49H68Cl2F6K2N14O11S4. The molecule has 6 aromatic rings. The zero-order chi connectivity index (χ0) is 62.0. The largest absolute Gasteiger partial charge is 1.00 e. The van der Waals surface area contributed by atoms with Gasteiger partial charge in [0.15, 0.2) is 11.6 Å². The normalized spacial score (nSPS) is 15.6. The number of carbonyl (C=O) groups is 3. The molecular weight excluding hydrogens is 1350 g/mol. The molecule has 2 amide bonds. The van der Waals surface area contributed by atoms with Crippen molar-refractivity contribution in [1.82, 2.24) is 63.9 Å². The van der Waals surface area contributed by atoms with Gasteiger partial charge in [0, 0.05) is 68.6 Å². The molecule has 25 nitrogen and oxygen atoms in total. The molecule has 0 aromatic carbocycles. The minimum absolute atomic E-state index is 0. The number of hydrogen-bond acceptors (Lipinski definition) is 19. The zero-order valence-corrected chi connectivity index (χ0v) is 61.4. The van der Waals surface area contributed by atoms with Crippen LogP contribution in [-0.4, -0.2) is 134 Å². The van der Waals surface area contributed by atoms with Crippen LogP contribution in [-0.2, 0) is 43.8 Å². The Bertz CT molecular complexity index is 3500. The first kappa shape index (κ1) is 84.9. The Morgan fingerprint density at radius 3 is 1.49 bits per heavy atom. The molecule has 8 heterocycles. The van der Waals surface area contributed by atoms with Crippen LogP contribution in [0.5, 0.6) is 11.8 Å². The summed E-state index contributed by atoms with van der Waals surface area (Å²) in [5, 5.41) is 27.6. The van der Waals surface area contributed by atoms with Gasteiger partial charge in [0.25, 0.3) is 38.3 Å². The second kappa shape index (κ2) is 35.8. The minimum Gasteiger partial charge on any atom is -1.00 e. The van der Waals surface area contributed by atoms with E-state index in [1.807, 2.05) is 23.5 Å². The number of anilines is 1. The standard InChI is InChI=1S/C24H30F3N7O4S.C17H16ClF3N6O4S.C7H15N.CH2O3.ClH.2K.2H2S.H/c1-15-12-23(3,4)33(13-15)21-17(22(35)31-39(36,37)18-14-32(5)29-16(18)2)6-7-19(28-21)34-10-8-20(30-34)38-11-9-24(25,26)27;1-10-12(9-26(2)23-10)32(29,30)25-16(28)11-3-4-13(22-15(11)18)27-7-5-14(24-27)31-8-6-17(19,20)21;1-6-4-7(2,3)8-5-6;2-1-4-3;;;;;;/h6-8,10,14-15H,9,11-13H2,1-5H3,(H,31,35);3-5,7,9H,6,8H2,1-2H3,(H,25,28);6,8H,4-5H2,1-3H3;1,3H;1H;;;2*1H2;/q;;;;;2*+1;;;-1/p-1/t15-;;6-;;;;;;;/m0.0......./s1. The number of aromatic nitrogens is 10. The number of pyridine rings is 2. The van der Waals surface area contributed by atoms with E-state index in [1.54, 1.807) is 7.05 Å². The second-order valence-electron chi connectivity index (χ2n) is 20.5. The third-order valence-electron chi connectivity index (χ3n) is 12.2. The summed E-state index contributed by atoms with van der Waals surface area (Å²) in [5.41, 5.74) is 0.301. The molecule has 39 heteroatoms. The Morgan fingerprint density at radius 2 is 1.16 bits per heavy atom. The van der Waals surface area contributed by atoms with Crippen molar-refractivity contribution < 1.29 is 181 Å². The van der Waals surface area contributed by atoms with Crippen molar-refractivity contribution in [3.63, 3.8) is 0 Å². The fourth-order valence-electron chi connectivity index (χ4n) is 8.81. The van der Waals surface area contributed by atoms with Gasteiger partial charge in [-0.2, -0.15) is 63.5 Å². The van der Waals surface area contributed by atoms with E-state index in [9.17, 15) is 52.8 Å². The molecule has 8 rings (SSSR count). The van der Waals surface area contributed by atoms with Crippen LogP contribution in [0.2, 0.25) is 5.15 Å². The van der Waals surface area contributed by atoms with Gasteiger partial charge in [-0.05, 0) is 97.0 Å². The summed E-state index contributed by atoms with van der Waals surface area (Å²) in [6.45, 7) is 16.3. The Morgan fingerprint density at radius 1 is 0.739 bits per heavy atom. The number of ether oxygens (including phenoxy) is 2. The van der Waals surface area contributed by atoms with Gasteiger partial charge in [0.2, 0.25) is 11.8 Å². The van der Waals surface area contributed by atoms with Crippen LogP contribution in [0, 0.1) is 25.7 Å². The molecule has 3 N–H and O–H groups in total. The van der Waals surface area contributed by atoms with Gasteiger partial charge in [-0.1, -0.05) is 25.4 Å². The molecule has 2 aliphatic heterocycles. The first-order chi connectivity index (χ1) is 38.4. The molecule has 2 atom stereocenters. The number of alkyl halides is 6. The van der Waals surface area contributed by atoms with Gasteiger partial charge in [-0.25, -0.2) is 45.6 Å². The minimum atomic E-state index is -4.35. The van der Waals surface area contributed by atoms with E-state index in [1.165, 1.54) is 114 Å². The summed E-state index contributed by atoms with van der Waals surface area (Å²) in [6.07, 6.45) is -3.40. The average molecular weight is 1420 g/mol. The van der Waals surface area contributed by atoms with E-state index >= 15 is 0 Å². The number of amides is 2. The molecule has 0 saturated carbocycles. The van der Waals surface area contributed by atoms with Gasteiger partial charge in [-0.3, -0.25) is 23.7 Å². The predicted molar refractivity (Wildman–Crippen MR) is 313 cm³/mol. The molecule has 0 aliphatic carbocycles. The fraction of sp³-hybridized carbons (Fsp3) is 0.490. The second-order valence-corrected chi connectivity index (χ2v) is 24.2. The molecule has 6 aromatic heterocycles. The summed E-state index contributed by atoms with van der Waals surface area (Å²) in [5.74, 6) is -0.131. The molecule has 0 spiro atoms. The number of carbonyl (C=O) groups excluding carboxylic acids is 3. The Labute approximate surface area is 616 Å². The van der Waals surface area contributed by atoms with E-state index < -0.39 is 75.8 Å². The molecule has 2 aliphatic rings. The summed E-state index contributed by atoms with van der Waals surface area (Å²) in [6, 6.07) is 8.22. The van der Waals surface area contributed by atoms with E-state index in [4.69, 9.17) is 31.1 Å². The van der Waals surface area contributed by atoms with E-state index in [0.717, 1.165) is 12.3 Å². The third kappa shape index (κ3) is 25.4. The van der Waals surface area contributed by atoms with E-state index in [0.29, 0.717) is 12.1 Å². The zero-order valence-electron chi connectivity index (χ0n) is 50.9. The number of hydrogen-bond donors (Lipinski definition) is 3. The summed E-state index contributed by atoms with van der Waals surface area (Å²) < 4.78 is 144. The number of sulfonamides is 2. The van der Waals surface area contributed by atoms with Crippen LogP contribution >= 0.6 is 51.0 Å². The van der Waals surface area contributed by atoms with Crippen LogP contribution in [0.3, 0.4) is 0 Å². The van der Waals surface area contributed by atoms with E-state index in [2.05, 4.69) is 73.0 Å². The Hall–Kier alpha value is -3.10. The summed E-state index contributed by atoms with van der Waals surface area (Å²) in [4.78, 5) is 47.4. The first-order valence-corrected chi connectivity index (χ1v) is 28.4. The fourth-order valence-corrected chi connectivity index (χ4v) is 11.4. The quantitative estimate of drug-likeness (QED) is 0.0295. The van der Waals surface area contributed by atoms with Crippen LogP contribution in [0.4, 0.5) is 32.2 Å². The smallest absolute Gasteiger partial charge is 1.00 e. The van der Waals surface area contributed by atoms with Crippen LogP contribution in [0.1, 0.15) is 101 Å². The maximum Gasteiger partial charge on any atom is 1.00 e. The van der Waals surface area contributed by atoms with Crippen LogP contribution < -0.4 is 137 Å². The molecule has 0 radical (unpaired) electrons. The van der Waals surface area contributed by atoms with Crippen LogP contribution in [0.25, 0.3) is 11.6 Å². The molecule has 0 unspecified atom stereocenters. The number of aryl methyl sites for hydroxylation is 4. The number of nitrogens with one attached hydrogen (secondary N) is 3.